The van der Waals surface area contributed by atoms with Crippen molar-refractivity contribution < 1.29 is 4.79 Å². The number of nitrogens with zero attached hydrogens (tertiary/aromatic N) is 1. The van der Waals surface area contributed by atoms with Crippen LogP contribution < -0.4 is 5.73 Å². The Morgan fingerprint density at radius 2 is 2.50 bits per heavy atom. The molecule has 0 aliphatic heterocycles. The first kappa shape index (κ1) is 11.0. The fourth-order valence-electron chi connectivity index (χ4n) is 1.08. The van der Waals surface area contributed by atoms with Crippen molar-refractivity contribution in [1.82, 2.24) is 4.98 Å². The summed E-state index contributed by atoms with van der Waals surface area (Å²) in [5.74, 6) is 0.552. The maximum atomic E-state index is 10.9. The second kappa shape index (κ2) is 5.65. The molecule has 1 unspecified atom stereocenters. The minimum Gasteiger partial charge on any atom is -0.369 e. The van der Waals surface area contributed by atoms with E-state index >= 15 is 0 Å². The molecule has 2 N–H and O–H groups in total. The molecule has 0 saturated carbocycles. The van der Waals surface area contributed by atoms with Gasteiger partial charge < -0.3 is 5.73 Å². The van der Waals surface area contributed by atoms with Gasteiger partial charge in [0.25, 0.3) is 0 Å². The zero-order chi connectivity index (χ0) is 10.4. The van der Waals surface area contributed by atoms with Crippen molar-refractivity contribution in [3.63, 3.8) is 0 Å². The van der Waals surface area contributed by atoms with Crippen LogP contribution in [0.3, 0.4) is 0 Å². The summed E-state index contributed by atoms with van der Waals surface area (Å²) in [6.07, 6.45) is 4.32. The summed E-state index contributed by atoms with van der Waals surface area (Å²) < 4.78 is 0. The number of hydrogen-bond donors (Lipinski definition) is 1. The van der Waals surface area contributed by atoms with E-state index in [1.165, 1.54) is 0 Å². The lowest BCUT2D eigenvalue weighted by Crippen LogP contribution is -2.25. The number of hydrogen-bond acceptors (Lipinski definition) is 3. The minimum atomic E-state index is -0.235. The Morgan fingerprint density at radius 1 is 1.71 bits per heavy atom. The zero-order valence-electron chi connectivity index (χ0n) is 8.14. The maximum Gasteiger partial charge on any atom is 0.230 e. The number of amides is 1. The lowest BCUT2D eigenvalue weighted by Gasteiger charge is -2.09. The third kappa shape index (κ3) is 3.38. The first-order chi connectivity index (χ1) is 6.74. The quantitative estimate of drug-likeness (QED) is 0.802. The van der Waals surface area contributed by atoms with Gasteiger partial charge in [0.05, 0.1) is 5.25 Å². The number of thioether (sulfide) groups is 1. The highest BCUT2D eigenvalue weighted by atomic mass is 32.2. The molecule has 1 atom stereocenters. The molecule has 14 heavy (non-hydrogen) atoms. The van der Waals surface area contributed by atoms with Gasteiger partial charge in [-0.2, -0.15) is 0 Å². The second-order valence-electron chi connectivity index (χ2n) is 2.97. The van der Waals surface area contributed by atoms with Crippen LogP contribution in [0.25, 0.3) is 0 Å². The first-order valence-corrected chi connectivity index (χ1v) is 5.58. The summed E-state index contributed by atoms with van der Waals surface area (Å²) in [6.45, 7) is 1.96. The molecule has 0 fully saturated rings. The summed E-state index contributed by atoms with van der Waals surface area (Å²) in [7, 11) is 0. The number of carbonyl (C=O) groups excluding carboxylic acids is 1. The van der Waals surface area contributed by atoms with Gasteiger partial charge in [-0.05, 0) is 18.1 Å². The fourth-order valence-corrected chi connectivity index (χ4v) is 2.05. The molecule has 0 aromatic carbocycles. The van der Waals surface area contributed by atoms with E-state index in [0.29, 0.717) is 0 Å². The molecule has 0 aliphatic rings. The monoisotopic (exact) mass is 210 g/mol. The Hall–Kier alpha value is -1.03. The molecule has 1 amide bonds. The van der Waals surface area contributed by atoms with Crippen molar-refractivity contribution in [2.45, 2.75) is 24.3 Å². The molecular formula is C10H14N2OS. The van der Waals surface area contributed by atoms with Gasteiger partial charge in [0.1, 0.15) is 0 Å². The highest BCUT2D eigenvalue weighted by Crippen LogP contribution is 2.19. The van der Waals surface area contributed by atoms with Gasteiger partial charge in [0.2, 0.25) is 5.91 Å². The van der Waals surface area contributed by atoms with Gasteiger partial charge in [-0.1, -0.05) is 13.0 Å². The third-order valence-electron chi connectivity index (χ3n) is 1.86. The second-order valence-corrected chi connectivity index (χ2v) is 4.16. The van der Waals surface area contributed by atoms with Crippen molar-refractivity contribution >= 4 is 17.7 Å². The van der Waals surface area contributed by atoms with E-state index in [9.17, 15) is 4.79 Å². The van der Waals surface area contributed by atoms with Crippen LogP contribution in [-0.2, 0) is 10.5 Å². The Kier molecular flexibility index (Phi) is 4.46. The van der Waals surface area contributed by atoms with Crippen LogP contribution in [0.2, 0.25) is 0 Å². The Morgan fingerprint density at radius 3 is 3.00 bits per heavy atom. The molecular weight excluding hydrogens is 196 g/mol. The largest absolute Gasteiger partial charge is 0.369 e. The number of nitrogens with two attached hydrogens (primary N) is 1. The Balaban J connectivity index is 2.44. The van der Waals surface area contributed by atoms with Crippen LogP contribution in [-0.4, -0.2) is 16.1 Å². The van der Waals surface area contributed by atoms with E-state index in [1.54, 1.807) is 24.2 Å². The lowest BCUT2D eigenvalue weighted by atomic mass is 10.3. The van der Waals surface area contributed by atoms with Gasteiger partial charge in [-0.3, -0.25) is 9.78 Å². The molecule has 0 spiro atoms. The summed E-state index contributed by atoms with van der Waals surface area (Å²) in [4.78, 5) is 14.9. The van der Waals surface area contributed by atoms with Crippen LogP contribution in [0.15, 0.2) is 24.5 Å². The number of pyridine rings is 1. The summed E-state index contributed by atoms with van der Waals surface area (Å²) in [5, 5.41) is -0.0878. The van der Waals surface area contributed by atoms with Gasteiger partial charge in [-0.15, -0.1) is 11.8 Å². The maximum absolute atomic E-state index is 10.9. The van der Waals surface area contributed by atoms with Crippen molar-refractivity contribution in [3.05, 3.63) is 30.1 Å². The SMILES string of the molecule is CCC(SCc1cccnc1)C(N)=O. The number of rotatable bonds is 5. The van der Waals surface area contributed by atoms with Crippen molar-refractivity contribution in [3.8, 4) is 0 Å². The standard InChI is InChI=1S/C10H14N2OS/c1-2-9(10(11)13)14-7-8-4-3-5-12-6-8/h3-6,9H,2,7H2,1H3,(H2,11,13). The highest BCUT2D eigenvalue weighted by Gasteiger charge is 2.12. The van der Waals surface area contributed by atoms with Gasteiger partial charge in [0.15, 0.2) is 0 Å². The van der Waals surface area contributed by atoms with Gasteiger partial charge in [-0.25, -0.2) is 0 Å². The van der Waals surface area contributed by atoms with E-state index in [2.05, 4.69) is 4.98 Å². The molecule has 1 rings (SSSR count). The van der Waals surface area contributed by atoms with Crippen molar-refractivity contribution in [2.24, 2.45) is 5.73 Å². The topological polar surface area (TPSA) is 56.0 Å². The van der Waals surface area contributed by atoms with Crippen LogP contribution in [0, 0.1) is 0 Å². The molecule has 0 aliphatic carbocycles. The van der Waals surface area contributed by atoms with Gasteiger partial charge in [0, 0.05) is 18.1 Å². The lowest BCUT2D eigenvalue weighted by molar-refractivity contribution is -0.117. The number of primary amides is 1. The fraction of sp³-hybridized carbons (Fsp3) is 0.400. The zero-order valence-corrected chi connectivity index (χ0v) is 8.96. The molecule has 1 heterocycles. The Bertz CT molecular complexity index is 289. The smallest absolute Gasteiger partial charge is 0.230 e. The Labute approximate surface area is 88.1 Å². The predicted molar refractivity (Wildman–Crippen MR) is 58.8 cm³/mol. The van der Waals surface area contributed by atoms with E-state index in [0.717, 1.165) is 17.7 Å². The normalized spacial score (nSPS) is 12.4. The summed E-state index contributed by atoms with van der Waals surface area (Å²) in [6, 6.07) is 3.88. The highest BCUT2D eigenvalue weighted by molar-refractivity contribution is 7.99. The number of carbonyl (C=O) groups is 1. The average molecular weight is 210 g/mol. The summed E-state index contributed by atoms with van der Waals surface area (Å²) in [5.41, 5.74) is 6.36. The van der Waals surface area contributed by atoms with Gasteiger partial charge >= 0.3 is 0 Å². The third-order valence-corrected chi connectivity index (χ3v) is 3.33. The van der Waals surface area contributed by atoms with Crippen LogP contribution in [0.5, 0.6) is 0 Å². The van der Waals surface area contributed by atoms with E-state index in [1.807, 2.05) is 19.1 Å². The molecule has 76 valence electrons. The molecule has 0 saturated heterocycles. The molecule has 0 radical (unpaired) electrons. The predicted octanol–water partition coefficient (Wildman–Crippen LogP) is 1.58. The van der Waals surface area contributed by atoms with Crippen molar-refractivity contribution in [2.75, 3.05) is 0 Å². The average Bonchev–Trinajstić information content (AvgIpc) is 2.20. The van der Waals surface area contributed by atoms with E-state index in [-0.39, 0.29) is 11.2 Å². The van der Waals surface area contributed by atoms with Crippen molar-refractivity contribution in [1.29, 1.82) is 0 Å². The van der Waals surface area contributed by atoms with E-state index < -0.39 is 0 Å². The number of aromatic nitrogens is 1. The van der Waals surface area contributed by atoms with Crippen LogP contribution >= 0.6 is 11.8 Å². The first-order valence-electron chi connectivity index (χ1n) is 4.54. The van der Waals surface area contributed by atoms with Crippen LogP contribution in [0.1, 0.15) is 18.9 Å². The molecule has 0 bridgehead atoms. The van der Waals surface area contributed by atoms with Crippen LogP contribution in [0.4, 0.5) is 0 Å². The van der Waals surface area contributed by atoms with E-state index in [4.69, 9.17) is 5.73 Å². The molecule has 1 aromatic rings. The minimum absolute atomic E-state index is 0.0878. The summed E-state index contributed by atoms with van der Waals surface area (Å²) >= 11 is 1.57. The molecule has 3 nitrogen and oxygen atoms in total. The molecule has 4 heteroatoms. The molecule has 1 aromatic heterocycles.